The molecule has 0 spiro atoms. The minimum absolute atomic E-state index is 0.140. The number of nitrogens with zero attached hydrogens (tertiary/aromatic N) is 2. The lowest BCUT2D eigenvalue weighted by molar-refractivity contribution is 0.237. The van der Waals surface area contributed by atoms with Crippen LogP contribution in [0.5, 0.6) is 0 Å². The van der Waals surface area contributed by atoms with Gasteiger partial charge in [-0.1, -0.05) is 30.3 Å². The molecule has 21 heavy (non-hydrogen) atoms. The van der Waals surface area contributed by atoms with Crippen molar-refractivity contribution in [1.29, 1.82) is 0 Å². The van der Waals surface area contributed by atoms with Crippen molar-refractivity contribution in [3.8, 4) is 0 Å². The standard InChI is InChI=1S/C16H20N4O/c1-20-10-9-17-15(20)14(13-5-3-2-4-6-13)19-16(21)18-11-12-7-8-12/h2-6,9-10,12,14H,7-8,11H2,1H3,(H2,18,19,21). The monoisotopic (exact) mass is 284 g/mol. The van der Waals surface area contributed by atoms with Crippen molar-refractivity contribution in [2.24, 2.45) is 13.0 Å². The van der Waals surface area contributed by atoms with E-state index in [9.17, 15) is 4.79 Å². The molecule has 110 valence electrons. The van der Waals surface area contributed by atoms with Crippen molar-refractivity contribution < 1.29 is 4.79 Å². The van der Waals surface area contributed by atoms with Crippen LogP contribution in [0.25, 0.3) is 0 Å². The molecule has 5 nitrogen and oxygen atoms in total. The molecule has 1 unspecified atom stereocenters. The lowest BCUT2D eigenvalue weighted by Crippen LogP contribution is -2.40. The molecule has 2 N–H and O–H groups in total. The number of aromatic nitrogens is 2. The smallest absolute Gasteiger partial charge is 0.315 e. The summed E-state index contributed by atoms with van der Waals surface area (Å²) in [5.41, 5.74) is 1.02. The summed E-state index contributed by atoms with van der Waals surface area (Å²) >= 11 is 0. The second-order valence-corrected chi connectivity index (χ2v) is 5.54. The van der Waals surface area contributed by atoms with Crippen LogP contribution in [0.4, 0.5) is 4.79 Å². The van der Waals surface area contributed by atoms with Crippen molar-refractivity contribution in [2.45, 2.75) is 18.9 Å². The third-order valence-corrected chi connectivity index (χ3v) is 3.77. The van der Waals surface area contributed by atoms with Gasteiger partial charge in [-0.05, 0) is 24.3 Å². The average Bonchev–Trinajstić information content (AvgIpc) is 3.24. The van der Waals surface area contributed by atoms with Crippen LogP contribution in [-0.2, 0) is 7.05 Å². The minimum Gasteiger partial charge on any atom is -0.338 e. The molecule has 1 aliphatic rings. The normalized spacial score (nSPS) is 15.5. The summed E-state index contributed by atoms with van der Waals surface area (Å²) in [6, 6.07) is 9.52. The van der Waals surface area contributed by atoms with Gasteiger partial charge in [0.05, 0.1) is 0 Å². The first-order chi connectivity index (χ1) is 10.2. The second-order valence-electron chi connectivity index (χ2n) is 5.54. The zero-order chi connectivity index (χ0) is 14.7. The SMILES string of the molecule is Cn1ccnc1C(NC(=O)NCC1CC1)c1ccccc1. The van der Waals surface area contributed by atoms with Crippen molar-refractivity contribution in [3.63, 3.8) is 0 Å². The van der Waals surface area contributed by atoms with Gasteiger partial charge < -0.3 is 15.2 Å². The number of carbonyl (C=O) groups is 1. The molecule has 2 aromatic rings. The molecule has 3 rings (SSSR count). The highest BCUT2D eigenvalue weighted by molar-refractivity contribution is 5.74. The summed E-state index contributed by atoms with van der Waals surface area (Å²) in [6.45, 7) is 0.758. The zero-order valence-corrected chi connectivity index (χ0v) is 12.1. The highest BCUT2D eigenvalue weighted by Gasteiger charge is 2.24. The number of benzene rings is 1. The molecule has 1 heterocycles. The van der Waals surface area contributed by atoms with E-state index in [1.165, 1.54) is 12.8 Å². The van der Waals surface area contributed by atoms with Crippen molar-refractivity contribution in [2.75, 3.05) is 6.54 Å². The maximum atomic E-state index is 12.1. The molecule has 0 bridgehead atoms. The molecule has 1 saturated carbocycles. The first kappa shape index (κ1) is 13.7. The third kappa shape index (κ3) is 3.42. The first-order valence-corrected chi connectivity index (χ1v) is 7.30. The van der Waals surface area contributed by atoms with Gasteiger partial charge in [-0.3, -0.25) is 0 Å². The Hall–Kier alpha value is -2.30. The van der Waals surface area contributed by atoms with E-state index in [0.29, 0.717) is 5.92 Å². The largest absolute Gasteiger partial charge is 0.338 e. The van der Waals surface area contributed by atoms with E-state index in [1.54, 1.807) is 6.20 Å². The lowest BCUT2D eigenvalue weighted by Gasteiger charge is -2.19. The summed E-state index contributed by atoms with van der Waals surface area (Å²) in [6.07, 6.45) is 6.08. The van der Waals surface area contributed by atoms with Crippen LogP contribution in [0.3, 0.4) is 0 Å². The van der Waals surface area contributed by atoms with Gasteiger partial charge in [-0.25, -0.2) is 9.78 Å². The van der Waals surface area contributed by atoms with Crippen LogP contribution in [0.1, 0.15) is 30.3 Å². The topological polar surface area (TPSA) is 59.0 Å². The number of rotatable bonds is 5. The Balaban J connectivity index is 1.75. The quantitative estimate of drug-likeness (QED) is 0.884. The Labute approximate surface area is 124 Å². The van der Waals surface area contributed by atoms with Gasteiger partial charge >= 0.3 is 6.03 Å². The maximum Gasteiger partial charge on any atom is 0.315 e. The molecule has 1 aromatic heterocycles. The summed E-state index contributed by atoms with van der Waals surface area (Å²) in [5.74, 6) is 1.49. The van der Waals surface area contributed by atoms with Crippen molar-refractivity contribution >= 4 is 6.03 Å². The van der Waals surface area contributed by atoms with Crippen LogP contribution in [0, 0.1) is 5.92 Å². The van der Waals surface area contributed by atoms with Crippen molar-refractivity contribution in [1.82, 2.24) is 20.2 Å². The third-order valence-electron chi connectivity index (χ3n) is 3.77. The summed E-state index contributed by atoms with van der Waals surface area (Å²) in [7, 11) is 1.93. The van der Waals surface area contributed by atoms with Crippen LogP contribution in [0.2, 0.25) is 0 Å². The molecular weight excluding hydrogens is 264 g/mol. The fraction of sp³-hybridized carbons (Fsp3) is 0.375. The Morgan fingerprint density at radius 1 is 1.38 bits per heavy atom. The van der Waals surface area contributed by atoms with E-state index in [2.05, 4.69) is 15.6 Å². The van der Waals surface area contributed by atoms with Gasteiger partial charge in [0.15, 0.2) is 0 Å². The number of imidazole rings is 1. The van der Waals surface area contributed by atoms with E-state index in [4.69, 9.17) is 0 Å². The number of aryl methyl sites for hydroxylation is 1. The number of amides is 2. The van der Waals surface area contributed by atoms with E-state index >= 15 is 0 Å². The molecule has 1 aromatic carbocycles. The number of nitrogens with one attached hydrogen (secondary N) is 2. The maximum absolute atomic E-state index is 12.1. The van der Waals surface area contributed by atoms with Crippen LogP contribution in [0.15, 0.2) is 42.7 Å². The molecule has 1 fully saturated rings. The number of hydrogen-bond donors (Lipinski definition) is 2. The van der Waals surface area contributed by atoms with Gasteiger partial charge in [0, 0.05) is 26.0 Å². The van der Waals surface area contributed by atoms with Crippen molar-refractivity contribution in [3.05, 3.63) is 54.1 Å². The number of urea groups is 1. The Kier molecular flexibility index (Phi) is 3.90. The van der Waals surface area contributed by atoms with Gasteiger partial charge in [0.2, 0.25) is 0 Å². The summed E-state index contributed by atoms with van der Waals surface area (Å²) < 4.78 is 1.93. The minimum atomic E-state index is -0.245. The van der Waals surface area contributed by atoms with Crippen LogP contribution >= 0.6 is 0 Å². The summed E-state index contributed by atoms with van der Waals surface area (Å²) in [5, 5.41) is 5.97. The van der Waals surface area contributed by atoms with Gasteiger partial charge in [-0.15, -0.1) is 0 Å². The molecular formula is C16H20N4O. The van der Waals surface area contributed by atoms with Crippen LogP contribution in [-0.4, -0.2) is 22.1 Å². The van der Waals surface area contributed by atoms with E-state index < -0.39 is 0 Å². The molecule has 5 heteroatoms. The first-order valence-electron chi connectivity index (χ1n) is 7.30. The highest BCUT2D eigenvalue weighted by Crippen LogP contribution is 2.27. The predicted octanol–water partition coefficient (Wildman–Crippen LogP) is 2.22. The summed E-state index contributed by atoms with van der Waals surface area (Å²) in [4.78, 5) is 16.5. The van der Waals surface area contributed by atoms with Gasteiger partial charge in [-0.2, -0.15) is 0 Å². The molecule has 2 amide bonds. The highest BCUT2D eigenvalue weighted by atomic mass is 16.2. The van der Waals surface area contributed by atoms with Gasteiger partial charge in [0.25, 0.3) is 0 Å². The molecule has 0 radical (unpaired) electrons. The van der Waals surface area contributed by atoms with E-state index in [1.807, 2.05) is 48.1 Å². The average molecular weight is 284 g/mol. The fourth-order valence-corrected chi connectivity index (χ4v) is 2.34. The van der Waals surface area contributed by atoms with Crippen LogP contribution < -0.4 is 10.6 Å². The molecule has 0 aliphatic heterocycles. The fourth-order valence-electron chi connectivity index (χ4n) is 2.34. The second kappa shape index (κ2) is 5.99. The Bertz CT molecular complexity index is 604. The van der Waals surface area contributed by atoms with Gasteiger partial charge in [0.1, 0.15) is 11.9 Å². The lowest BCUT2D eigenvalue weighted by atomic mass is 10.1. The predicted molar refractivity (Wildman–Crippen MR) is 80.8 cm³/mol. The number of hydrogen-bond acceptors (Lipinski definition) is 2. The number of carbonyl (C=O) groups excluding carboxylic acids is 1. The van der Waals surface area contributed by atoms with E-state index in [-0.39, 0.29) is 12.1 Å². The molecule has 1 aliphatic carbocycles. The Morgan fingerprint density at radius 3 is 2.76 bits per heavy atom. The Morgan fingerprint density at radius 2 is 2.14 bits per heavy atom. The molecule has 0 saturated heterocycles. The molecule has 1 atom stereocenters. The van der Waals surface area contributed by atoms with E-state index in [0.717, 1.165) is 17.9 Å². The zero-order valence-electron chi connectivity index (χ0n) is 12.1.